The second-order valence-electron chi connectivity index (χ2n) is 5.62. The van der Waals surface area contributed by atoms with Crippen LogP contribution in [0.15, 0.2) is 22.7 Å². The molecular formula is C16H17BrO7. The third kappa shape index (κ3) is 2.58. The summed E-state index contributed by atoms with van der Waals surface area (Å²) in [4.78, 5) is 24.0. The summed E-state index contributed by atoms with van der Waals surface area (Å²) in [5.41, 5.74) is -1.50. The highest BCUT2D eigenvalue weighted by Crippen LogP contribution is 2.48. The number of esters is 2. The molecule has 8 heteroatoms. The molecule has 0 spiro atoms. The lowest BCUT2D eigenvalue weighted by Gasteiger charge is -2.21. The molecule has 7 nitrogen and oxygen atoms in total. The highest BCUT2D eigenvalue weighted by atomic mass is 79.9. The second kappa shape index (κ2) is 6.34. The molecule has 1 aromatic rings. The van der Waals surface area contributed by atoms with Crippen LogP contribution < -0.4 is 4.74 Å². The maximum absolute atomic E-state index is 12.0. The van der Waals surface area contributed by atoms with E-state index >= 15 is 0 Å². The van der Waals surface area contributed by atoms with Gasteiger partial charge in [-0.15, -0.1) is 0 Å². The van der Waals surface area contributed by atoms with Crippen LogP contribution in [-0.4, -0.2) is 42.7 Å². The lowest BCUT2D eigenvalue weighted by molar-refractivity contribution is -0.180. The van der Waals surface area contributed by atoms with Gasteiger partial charge in [0, 0.05) is 0 Å². The Morgan fingerprint density at radius 3 is 2.88 bits per heavy atom. The Morgan fingerprint density at radius 2 is 2.25 bits per heavy atom. The smallest absolute Gasteiger partial charge is 0.352 e. The molecule has 2 aliphatic rings. The van der Waals surface area contributed by atoms with Crippen molar-refractivity contribution in [2.24, 2.45) is 5.92 Å². The summed E-state index contributed by atoms with van der Waals surface area (Å²) in [6.45, 7) is 1.66. The van der Waals surface area contributed by atoms with Crippen LogP contribution in [0.2, 0.25) is 0 Å². The van der Waals surface area contributed by atoms with E-state index in [9.17, 15) is 14.7 Å². The number of carbonyl (C=O) groups excluding carboxylic acids is 2. The van der Waals surface area contributed by atoms with Gasteiger partial charge in [-0.25, -0.2) is 9.59 Å². The molecule has 2 aliphatic heterocycles. The van der Waals surface area contributed by atoms with Crippen molar-refractivity contribution >= 4 is 27.9 Å². The Balaban J connectivity index is 1.83. The summed E-state index contributed by atoms with van der Waals surface area (Å²) < 4.78 is 21.5. The number of hydrogen-bond donors (Lipinski definition) is 1. The number of carbonyl (C=O) groups is 2. The first-order chi connectivity index (χ1) is 11.4. The molecule has 130 valence electrons. The van der Waals surface area contributed by atoms with Gasteiger partial charge >= 0.3 is 11.9 Å². The Labute approximate surface area is 147 Å². The van der Waals surface area contributed by atoms with Crippen molar-refractivity contribution < 1.29 is 33.6 Å². The first-order valence-electron chi connectivity index (χ1n) is 7.51. The fourth-order valence-corrected chi connectivity index (χ4v) is 3.61. The Hall–Kier alpha value is -1.64. The molecule has 2 fully saturated rings. The lowest BCUT2D eigenvalue weighted by atomic mass is 9.85. The third-order valence-electron chi connectivity index (χ3n) is 4.30. The van der Waals surface area contributed by atoms with Gasteiger partial charge in [-0.05, 0) is 47.0 Å². The molecular weight excluding hydrogens is 384 g/mol. The molecule has 0 amide bonds. The van der Waals surface area contributed by atoms with Crippen molar-refractivity contribution in [2.45, 2.75) is 31.3 Å². The number of halogens is 1. The van der Waals surface area contributed by atoms with Crippen LogP contribution in [0.4, 0.5) is 0 Å². The van der Waals surface area contributed by atoms with Gasteiger partial charge in [0.2, 0.25) is 6.29 Å². The molecule has 4 atom stereocenters. The maximum Gasteiger partial charge on any atom is 0.352 e. The van der Waals surface area contributed by atoms with Gasteiger partial charge in [-0.2, -0.15) is 0 Å². The van der Waals surface area contributed by atoms with Crippen LogP contribution in [0.1, 0.15) is 25.0 Å². The Kier molecular flexibility index (Phi) is 4.54. The maximum atomic E-state index is 12.0. The summed E-state index contributed by atoms with van der Waals surface area (Å²) in [5.74, 6) is -2.16. The number of ether oxygens (including phenoxy) is 4. The summed E-state index contributed by atoms with van der Waals surface area (Å²) >= 11 is 3.40. The van der Waals surface area contributed by atoms with Gasteiger partial charge in [0.25, 0.3) is 5.60 Å². The molecule has 3 rings (SSSR count). The largest absolute Gasteiger partial charge is 0.496 e. The van der Waals surface area contributed by atoms with E-state index in [2.05, 4.69) is 15.9 Å². The SMILES string of the molecule is CCOC(=O)[C@@]1(O)C(=O)O[C@@H]2O[C@H](c3ccc(OC)c(Br)c3)C[C@@H]21. The quantitative estimate of drug-likeness (QED) is 0.607. The van der Waals surface area contributed by atoms with E-state index in [1.807, 2.05) is 12.1 Å². The molecule has 0 bridgehead atoms. The van der Waals surface area contributed by atoms with Crippen molar-refractivity contribution in [3.63, 3.8) is 0 Å². The van der Waals surface area contributed by atoms with Crippen LogP contribution in [-0.2, 0) is 23.8 Å². The Morgan fingerprint density at radius 1 is 1.50 bits per heavy atom. The predicted octanol–water partition coefficient (Wildman–Crippen LogP) is 1.71. The van der Waals surface area contributed by atoms with E-state index in [4.69, 9.17) is 18.9 Å². The van der Waals surface area contributed by atoms with Gasteiger partial charge in [0.05, 0.1) is 30.2 Å². The second-order valence-corrected chi connectivity index (χ2v) is 6.48. The van der Waals surface area contributed by atoms with E-state index in [0.29, 0.717) is 5.75 Å². The predicted molar refractivity (Wildman–Crippen MR) is 84.1 cm³/mol. The fraction of sp³-hybridized carbons (Fsp3) is 0.500. The minimum atomic E-state index is -2.32. The zero-order valence-electron chi connectivity index (χ0n) is 13.2. The number of hydrogen-bond acceptors (Lipinski definition) is 7. The molecule has 2 saturated heterocycles. The average molecular weight is 401 g/mol. The molecule has 0 aromatic heterocycles. The monoisotopic (exact) mass is 400 g/mol. The van der Waals surface area contributed by atoms with Crippen molar-refractivity contribution in [1.82, 2.24) is 0 Å². The van der Waals surface area contributed by atoms with E-state index in [-0.39, 0.29) is 13.0 Å². The fourth-order valence-electron chi connectivity index (χ4n) is 3.05. The summed E-state index contributed by atoms with van der Waals surface area (Å²) in [6, 6.07) is 5.43. The molecule has 1 aromatic carbocycles. The Bertz CT molecular complexity index is 676. The van der Waals surface area contributed by atoms with Crippen LogP contribution in [0.25, 0.3) is 0 Å². The van der Waals surface area contributed by atoms with Gasteiger partial charge < -0.3 is 24.1 Å². The number of rotatable bonds is 4. The van der Waals surface area contributed by atoms with Crippen molar-refractivity contribution in [1.29, 1.82) is 0 Å². The van der Waals surface area contributed by atoms with Crippen molar-refractivity contribution in [3.8, 4) is 5.75 Å². The standard InChI is InChI=1S/C16H17BrO7/c1-3-22-14(18)16(20)9-7-12(23-13(9)24-15(16)19)8-4-5-11(21-2)10(17)6-8/h4-6,9,12-13,20H,3,7H2,1-2H3/t9-,12-,13-,16+/m0/s1. The minimum Gasteiger partial charge on any atom is -0.496 e. The summed E-state index contributed by atoms with van der Waals surface area (Å²) in [6.07, 6.45) is -1.14. The first kappa shape index (κ1) is 17.2. The topological polar surface area (TPSA) is 91.3 Å². The molecule has 2 heterocycles. The zero-order valence-corrected chi connectivity index (χ0v) is 14.7. The van der Waals surface area contributed by atoms with Gasteiger partial charge in [0.1, 0.15) is 5.75 Å². The molecule has 0 aliphatic carbocycles. The van der Waals surface area contributed by atoms with Crippen molar-refractivity contribution in [3.05, 3.63) is 28.2 Å². The van der Waals surface area contributed by atoms with E-state index in [1.54, 1.807) is 20.1 Å². The van der Waals surface area contributed by atoms with Gasteiger partial charge in [-0.3, -0.25) is 0 Å². The van der Waals surface area contributed by atoms with Gasteiger partial charge in [-0.1, -0.05) is 6.07 Å². The van der Waals surface area contributed by atoms with Crippen LogP contribution >= 0.6 is 15.9 Å². The number of fused-ring (bicyclic) bond motifs is 1. The number of aliphatic hydroxyl groups is 1. The van der Waals surface area contributed by atoms with E-state index < -0.39 is 35.9 Å². The van der Waals surface area contributed by atoms with E-state index in [1.165, 1.54) is 0 Å². The molecule has 0 unspecified atom stereocenters. The average Bonchev–Trinajstić information content (AvgIpc) is 3.07. The zero-order chi connectivity index (χ0) is 17.5. The normalized spacial score (nSPS) is 31.5. The molecule has 0 saturated carbocycles. The van der Waals surface area contributed by atoms with Crippen LogP contribution in [0.3, 0.4) is 0 Å². The molecule has 24 heavy (non-hydrogen) atoms. The lowest BCUT2D eigenvalue weighted by Crippen LogP contribution is -2.50. The molecule has 0 radical (unpaired) electrons. The van der Waals surface area contributed by atoms with Gasteiger partial charge in [0.15, 0.2) is 0 Å². The van der Waals surface area contributed by atoms with Crippen LogP contribution in [0.5, 0.6) is 5.75 Å². The van der Waals surface area contributed by atoms with Crippen molar-refractivity contribution in [2.75, 3.05) is 13.7 Å². The highest BCUT2D eigenvalue weighted by Gasteiger charge is 2.66. The summed E-state index contributed by atoms with van der Waals surface area (Å²) in [5, 5.41) is 10.6. The third-order valence-corrected chi connectivity index (χ3v) is 4.92. The first-order valence-corrected chi connectivity index (χ1v) is 8.30. The molecule has 1 N–H and O–H groups in total. The highest BCUT2D eigenvalue weighted by molar-refractivity contribution is 9.10. The number of benzene rings is 1. The number of methoxy groups -OCH3 is 1. The van der Waals surface area contributed by atoms with Crippen LogP contribution in [0, 0.1) is 5.92 Å². The van der Waals surface area contributed by atoms with E-state index in [0.717, 1.165) is 10.0 Å². The summed E-state index contributed by atoms with van der Waals surface area (Å²) in [7, 11) is 1.56. The minimum absolute atomic E-state index is 0.0571.